The topological polar surface area (TPSA) is 105 Å². The first-order chi connectivity index (χ1) is 16.9. The Morgan fingerprint density at radius 3 is 1.74 bits per heavy atom. The van der Waals surface area contributed by atoms with Crippen molar-refractivity contribution in [3.8, 4) is 16.9 Å². The van der Waals surface area contributed by atoms with Gasteiger partial charge in [-0.05, 0) is 71.8 Å². The maximum Gasteiger partial charge on any atom is 0.337 e. The van der Waals surface area contributed by atoms with Crippen LogP contribution in [0.1, 0.15) is 31.1 Å². The van der Waals surface area contributed by atoms with Crippen LogP contribution in [0.15, 0.2) is 97.1 Å². The number of carbonyl (C=O) groups is 3. The lowest BCUT2D eigenvalue weighted by molar-refractivity contribution is 0.0600. The van der Waals surface area contributed by atoms with E-state index in [0.717, 1.165) is 11.1 Å². The van der Waals surface area contributed by atoms with Gasteiger partial charge < -0.3 is 20.5 Å². The van der Waals surface area contributed by atoms with Crippen molar-refractivity contribution in [2.75, 3.05) is 17.7 Å². The van der Waals surface area contributed by atoms with Crippen LogP contribution in [0.2, 0.25) is 0 Å². The Balaban J connectivity index is 1.42. The summed E-state index contributed by atoms with van der Waals surface area (Å²) in [4.78, 5) is 37.1. The molecule has 0 aromatic heterocycles. The largest absolute Gasteiger partial charge is 0.508 e. The Hall–Kier alpha value is -4.91. The number of nitrogens with one attached hydrogen (secondary N) is 2. The van der Waals surface area contributed by atoms with Crippen LogP contribution >= 0.6 is 0 Å². The van der Waals surface area contributed by atoms with E-state index in [1.165, 1.54) is 13.2 Å². The third kappa shape index (κ3) is 5.72. The van der Waals surface area contributed by atoms with Crippen molar-refractivity contribution in [1.82, 2.24) is 0 Å². The van der Waals surface area contributed by atoms with Crippen LogP contribution in [0.3, 0.4) is 0 Å². The first kappa shape index (κ1) is 23.3. The van der Waals surface area contributed by atoms with Crippen LogP contribution < -0.4 is 10.6 Å². The van der Waals surface area contributed by atoms with Gasteiger partial charge in [-0.15, -0.1) is 0 Å². The van der Waals surface area contributed by atoms with E-state index in [4.69, 9.17) is 4.74 Å². The van der Waals surface area contributed by atoms with Crippen LogP contribution in [0, 0.1) is 0 Å². The van der Waals surface area contributed by atoms with Gasteiger partial charge in [0.05, 0.1) is 12.7 Å². The average molecular weight is 466 g/mol. The summed E-state index contributed by atoms with van der Waals surface area (Å²) in [5.41, 5.74) is 3.89. The maximum absolute atomic E-state index is 12.7. The molecule has 0 aliphatic carbocycles. The zero-order valence-electron chi connectivity index (χ0n) is 18.8. The predicted octanol–water partition coefficient (Wildman–Crippen LogP) is 5.35. The summed E-state index contributed by atoms with van der Waals surface area (Å²) >= 11 is 0. The monoisotopic (exact) mass is 466 g/mol. The second-order valence-corrected chi connectivity index (χ2v) is 7.69. The molecule has 0 saturated heterocycles. The molecule has 0 spiro atoms. The number of carbonyl (C=O) groups excluding carboxylic acids is 3. The maximum atomic E-state index is 12.7. The minimum Gasteiger partial charge on any atom is -0.508 e. The van der Waals surface area contributed by atoms with Crippen LogP contribution in [-0.4, -0.2) is 30.0 Å². The van der Waals surface area contributed by atoms with E-state index in [-0.39, 0.29) is 17.2 Å². The van der Waals surface area contributed by atoms with Gasteiger partial charge in [-0.3, -0.25) is 9.59 Å². The molecule has 0 aliphatic rings. The Kier molecular flexibility index (Phi) is 6.88. The van der Waals surface area contributed by atoms with Crippen LogP contribution in [-0.2, 0) is 4.74 Å². The molecule has 4 aromatic rings. The summed E-state index contributed by atoms with van der Waals surface area (Å²) in [6, 6.07) is 26.9. The third-order valence-corrected chi connectivity index (χ3v) is 5.27. The van der Waals surface area contributed by atoms with Gasteiger partial charge in [-0.25, -0.2) is 4.79 Å². The van der Waals surface area contributed by atoms with Crippen LogP contribution in [0.5, 0.6) is 5.75 Å². The number of aromatic hydroxyl groups is 1. The Bertz CT molecular complexity index is 1380. The number of anilines is 2. The lowest BCUT2D eigenvalue weighted by Crippen LogP contribution is -2.14. The molecule has 7 nitrogen and oxygen atoms in total. The predicted molar refractivity (Wildman–Crippen MR) is 134 cm³/mol. The first-order valence-electron chi connectivity index (χ1n) is 10.7. The van der Waals surface area contributed by atoms with E-state index in [0.29, 0.717) is 22.5 Å². The molecular weight excluding hydrogens is 444 g/mol. The third-order valence-electron chi connectivity index (χ3n) is 5.27. The molecule has 3 N–H and O–H groups in total. The van der Waals surface area contributed by atoms with E-state index in [1.54, 1.807) is 78.9 Å². The van der Waals surface area contributed by atoms with Crippen LogP contribution in [0.25, 0.3) is 11.1 Å². The summed E-state index contributed by atoms with van der Waals surface area (Å²) in [5, 5.41) is 15.0. The van der Waals surface area contributed by atoms with Gasteiger partial charge in [0.15, 0.2) is 0 Å². The molecule has 0 bridgehead atoms. The number of esters is 1. The Morgan fingerprint density at radius 1 is 0.629 bits per heavy atom. The molecule has 7 heteroatoms. The Labute approximate surface area is 202 Å². The highest BCUT2D eigenvalue weighted by Crippen LogP contribution is 2.23. The SMILES string of the molecule is COC(=O)c1cccc(C(=O)Nc2cccc(NC(=O)c3ccc(-c4ccc(O)cc4)cc3)c2)c1. The van der Waals surface area contributed by atoms with E-state index in [2.05, 4.69) is 10.6 Å². The van der Waals surface area contributed by atoms with E-state index in [9.17, 15) is 19.5 Å². The molecule has 0 fully saturated rings. The van der Waals surface area contributed by atoms with Crippen molar-refractivity contribution in [1.29, 1.82) is 0 Å². The van der Waals surface area contributed by atoms with Crippen molar-refractivity contribution in [2.45, 2.75) is 0 Å². The number of benzene rings is 4. The molecule has 0 saturated carbocycles. The van der Waals surface area contributed by atoms with Gasteiger partial charge in [-0.2, -0.15) is 0 Å². The number of hydrogen-bond donors (Lipinski definition) is 3. The Morgan fingerprint density at radius 2 is 1.14 bits per heavy atom. The smallest absolute Gasteiger partial charge is 0.337 e. The van der Waals surface area contributed by atoms with Crippen molar-refractivity contribution in [3.63, 3.8) is 0 Å². The molecule has 0 radical (unpaired) electrons. The van der Waals surface area contributed by atoms with Crippen molar-refractivity contribution >= 4 is 29.2 Å². The fraction of sp³-hybridized carbons (Fsp3) is 0.0357. The zero-order chi connectivity index (χ0) is 24.8. The standard InChI is InChI=1S/C28H22N2O5/c1-35-28(34)22-5-2-4-21(16-22)27(33)30-24-7-3-6-23(17-24)29-26(32)20-10-8-18(9-11-20)19-12-14-25(31)15-13-19/h2-17,31H,1H3,(H,29,32)(H,30,33). The molecule has 4 aromatic carbocycles. The molecule has 0 unspecified atom stereocenters. The minimum atomic E-state index is -0.527. The van der Waals surface area contributed by atoms with E-state index >= 15 is 0 Å². The normalized spacial score (nSPS) is 10.3. The number of ether oxygens (including phenoxy) is 1. The van der Waals surface area contributed by atoms with Crippen molar-refractivity contribution in [3.05, 3.63) is 114 Å². The lowest BCUT2D eigenvalue weighted by atomic mass is 10.0. The van der Waals surface area contributed by atoms with Crippen molar-refractivity contribution in [2.24, 2.45) is 0 Å². The lowest BCUT2D eigenvalue weighted by Gasteiger charge is -2.10. The van der Waals surface area contributed by atoms with Gasteiger partial charge in [0.1, 0.15) is 5.75 Å². The summed E-state index contributed by atoms with van der Waals surface area (Å²) < 4.78 is 4.69. The molecule has 0 atom stereocenters. The molecule has 174 valence electrons. The quantitative estimate of drug-likeness (QED) is 0.332. The molecule has 0 heterocycles. The molecule has 4 rings (SSSR count). The number of phenolic OH excluding ortho intramolecular Hbond substituents is 1. The average Bonchev–Trinajstić information content (AvgIpc) is 2.89. The number of phenols is 1. The molecule has 35 heavy (non-hydrogen) atoms. The number of methoxy groups -OCH3 is 1. The summed E-state index contributed by atoms with van der Waals surface area (Å²) in [6.45, 7) is 0. The summed E-state index contributed by atoms with van der Waals surface area (Å²) in [5.74, 6) is -1.03. The van der Waals surface area contributed by atoms with Gasteiger partial charge in [0.25, 0.3) is 11.8 Å². The van der Waals surface area contributed by atoms with Gasteiger partial charge >= 0.3 is 5.97 Å². The zero-order valence-corrected chi connectivity index (χ0v) is 18.8. The summed E-state index contributed by atoms with van der Waals surface area (Å²) in [7, 11) is 1.28. The number of hydrogen-bond acceptors (Lipinski definition) is 5. The first-order valence-corrected chi connectivity index (χ1v) is 10.7. The van der Waals surface area contributed by atoms with E-state index in [1.807, 2.05) is 12.1 Å². The van der Waals surface area contributed by atoms with Gasteiger partial charge in [0.2, 0.25) is 0 Å². The number of rotatable bonds is 6. The van der Waals surface area contributed by atoms with Crippen molar-refractivity contribution < 1.29 is 24.2 Å². The van der Waals surface area contributed by atoms with Gasteiger partial charge in [-0.1, -0.05) is 36.4 Å². The fourth-order valence-corrected chi connectivity index (χ4v) is 3.45. The fourth-order valence-electron chi connectivity index (χ4n) is 3.45. The van der Waals surface area contributed by atoms with E-state index < -0.39 is 11.9 Å². The summed E-state index contributed by atoms with van der Waals surface area (Å²) in [6.07, 6.45) is 0. The van der Waals surface area contributed by atoms with Gasteiger partial charge in [0, 0.05) is 22.5 Å². The molecule has 2 amide bonds. The highest BCUT2D eigenvalue weighted by molar-refractivity contribution is 6.07. The van der Waals surface area contributed by atoms with Crippen LogP contribution in [0.4, 0.5) is 11.4 Å². The molecule has 0 aliphatic heterocycles. The second-order valence-electron chi connectivity index (χ2n) is 7.69. The molecular formula is C28H22N2O5. The minimum absolute atomic E-state index is 0.192. The highest BCUT2D eigenvalue weighted by Gasteiger charge is 2.12. The highest BCUT2D eigenvalue weighted by atomic mass is 16.5. The second kappa shape index (κ2) is 10.4. The number of amides is 2.